The largest absolute Gasteiger partial charge is 1.00 e. The van der Waals surface area contributed by atoms with E-state index >= 15 is 4.39 Å². The molecule has 12 heteroatoms. The van der Waals surface area contributed by atoms with Crippen molar-refractivity contribution in [2.24, 2.45) is 28.6 Å². The molecule has 0 heterocycles. The Morgan fingerprint density at radius 3 is 2.47 bits per heavy atom. The van der Waals surface area contributed by atoms with Gasteiger partial charge < -0.3 is 29.1 Å². The molecule has 0 spiro atoms. The molecule has 4 aliphatic carbocycles. The third-order valence-corrected chi connectivity index (χ3v) is 9.51. The van der Waals surface area contributed by atoms with Gasteiger partial charge in [-0.05, 0) is 56.6 Å². The maximum atomic E-state index is 17.1. The first-order valence-electron chi connectivity index (χ1n) is 10.9. The zero-order valence-electron chi connectivity index (χ0n) is 20.2. The molecule has 8 atom stereocenters. The summed E-state index contributed by atoms with van der Waals surface area (Å²) in [4.78, 5) is 48.3. The summed E-state index contributed by atoms with van der Waals surface area (Å²) in [5.41, 5.74) is -6.41. The topological polar surface area (TPSA) is 147 Å². The van der Waals surface area contributed by atoms with Gasteiger partial charge in [0, 0.05) is 16.7 Å². The Morgan fingerprint density at radius 1 is 1.29 bits per heavy atom. The third kappa shape index (κ3) is 4.02. The normalized spacial score (nSPS) is 45.2. The van der Waals surface area contributed by atoms with Crippen molar-refractivity contribution < 1.29 is 102 Å². The fourth-order valence-electron chi connectivity index (χ4n) is 7.66. The number of carbonyl (C=O) groups excluding carboxylic acids is 2. The Balaban J connectivity index is 0.00000204. The maximum Gasteiger partial charge on any atom is 1.00 e. The maximum absolute atomic E-state index is 17.1. The summed E-state index contributed by atoms with van der Waals surface area (Å²) in [6.07, 6.45) is 3.08. The van der Waals surface area contributed by atoms with E-state index in [1.807, 2.05) is 0 Å². The van der Waals surface area contributed by atoms with Gasteiger partial charge >= 0.3 is 59.1 Å². The fourth-order valence-corrected chi connectivity index (χ4v) is 8.51. The minimum atomic E-state index is -5.67. The molecule has 3 fully saturated rings. The van der Waals surface area contributed by atoms with Crippen LogP contribution in [0.2, 0.25) is 0 Å². The number of hydrogen-bond acceptors (Lipinski definition) is 8. The molecular weight excluding hydrogens is 488 g/mol. The molecule has 0 aliphatic heterocycles. The molecule has 0 amide bonds. The van der Waals surface area contributed by atoms with Gasteiger partial charge in [0.05, 0.1) is 13.9 Å². The van der Waals surface area contributed by atoms with Crippen LogP contribution in [0, 0.1) is 28.6 Å². The van der Waals surface area contributed by atoms with E-state index in [2.05, 4.69) is 0 Å². The number of phosphoric ester groups is 1. The Bertz CT molecular complexity index is 984. The second kappa shape index (κ2) is 9.83. The van der Waals surface area contributed by atoms with Crippen LogP contribution in [-0.2, 0) is 18.7 Å². The van der Waals surface area contributed by atoms with Gasteiger partial charge in [-0.1, -0.05) is 25.5 Å². The van der Waals surface area contributed by atoms with Gasteiger partial charge in [0.2, 0.25) is 0 Å². The molecule has 0 aromatic carbocycles. The van der Waals surface area contributed by atoms with Crippen molar-refractivity contribution >= 4 is 19.4 Å². The van der Waals surface area contributed by atoms with Crippen LogP contribution in [0.3, 0.4) is 0 Å². The first-order valence-corrected chi connectivity index (χ1v) is 12.3. The van der Waals surface area contributed by atoms with Crippen LogP contribution in [0.5, 0.6) is 0 Å². The van der Waals surface area contributed by atoms with Crippen molar-refractivity contribution in [3.05, 3.63) is 23.8 Å². The summed E-state index contributed by atoms with van der Waals surface area (Å²) < 4.78 is 33.7. The van der Waals surface area contributed by atoms with E-state index in [0.717, 1.165) is 0 Å². The molecule has 0 aromatic heterocycles. The zero-order valence-corrected chi connectivity index (χ0v) is 25.1. The van der Waals surface area contributed by atoms with Crippen molar-refractivity contribution in [3.63, 3.8) is 0 Å². The molecule has 0 bridgehead atoms. The summed E-state index contributed by atoms with van der Waals surface area (Å²) in [7, 11) is -5.67. The number of carbonyl (C=O) groups is 2. The number of fused-ring (bicyclic) bond motifs is 5. The molecule has 3 saturated carbocycles. The molecule has 2 N–H and O–H groups in total. The van der Waals surface area contributed by atoms with E-state index in [-0.39, 0.29) is 84.2 Å². The van der Waals surface area contributed by atoms with E-state index in [1.165, 1.54) is 18.2 Å². The van der Waals surface area contributed by atoms with E-state index in [9.17, 15) is 34.2 Å². The van der Waals surface area contributed by atoms with Crippen molar-refractivity contribution in [1.82, 2.24) is 0 Å². The standard InChI is InChI=1S/C22H30FO8P.2Na/c1-12-8-16-15-5-4-13-9-14(25)6-7-19(13,2)21(15,23)17(26)10-20(16,3)22(12,18(27)11-24)31-32(28,29)30;;/h6-7,9,12,15-17,24,26H,4-5,8,10-11H2,1-3H3,(H2,28,29,30);;/q;2*+1/p-2/t12-,15+,16+,17+,19+,20+,21+,22+;;/m1../s1. The zero-order chi connectivity index (χ0) is 23.9. The van der Waals surface area contributed by atoms with Crippen LogP contribution in [0.25, 0.3) is 0 Å². The summed E-state index contributed by atoms with van der Waals surface area (Å²) in [6.45, 7) is 3.68. The number of Topliss-reactive ketones (excluding diaryl/α,β-unsaturated/α-hetero) is 1. The molecule has 4 aliphatic rings. The number of ketones is 2. The summed E-state index contributed by atoms with van der Waals surface area (Å²) in [5, 5.41) is 20.9. The molecular formula is C22H28FNa2O8P. The predicted molar refractivity (Wildman–Crippen MR) is 106 cm³/mol. The van der Waals surface area contributed by atoms with Gasteiger partial charge in [-0.3, -0.25) is 9.59 Å². The number of phosphoric acid groups is 1. The Kier molecular flexibility index (Phi) is 8.96. The molecule has 34 heavy (non-hydrogen) atoms. The van der Waals surface area contributed by atoms with Crippen LogP contribution >= 0.6 is 7.82 Å². The Morgan fingerprint density at radius 2 is 1.91 bits per heavy atom. The average Bonchev–Trinajstić information content (AvgIpc) is 2.90. The van der Waals surface area contributed by atoms with Gasteiger partial charge in [-0.15, -0.1) is 0 Å². The smallest absolute Gasteiger partial charge is 0.790 e. The Labute approximate surface area is 242 Å². The van der Waals surface area contributed by atoms with Gasteiger partial charge in [-0.25, -0.2) is 4.39 Å². The number of allylic oxidation sites excluding steroid dienone is 4. The number of hydrogen-bond donors (Lipinski definition) is 2. The first-order chi connectivity index (χ1) is 14.7. The van der Waals surface area contributed by atoms with Gasteiger partial charge in [0.15, 0.2) is 17.2 Å². The second-order valence-electron chi connectivity index (χ2n) is 10.3. The summed E-state index contributed by atoms with van der Waals surface area (Å²) >= 11 is 0. The summed E-state index contributed by atoms with van der Waals surface area (Å²) in [5.74, 6) is -3.40. The molecule has 0 saturated heterocycles. The van der Waals surface area contributed by atoms with Crippen LogP contribution in [0.4, 0.5) is 4.39 Å². The first kappa shape index (κ1) is 31.0. The molecule has 0 radical (unpaired) electrons. The van der Waals surface area contributed by atoms with E-state index in [1.54, 1.807) is 20.8 Å². The van der Waals surface area contributed by atoms with Crippen molar-refractivity contribution in [3.8, 4) is 0 Å². The minimum Gasteiger partial charge on any atom is -0.790 e. The van der Waals surface area contributed by atoms with Crippen LogP contribution in [0.15, 0.2) is 23.8 Å². The molecule has 0 unspecified atom stereocenters. The summed E-state index contributed by atoms with van der Waals surface area (Å²) in [6, 6.07) is 0. The molecule has 0 aromatic rings. The molecule has 4 rings (SSSR count). The number of halogens is 1. The van der Waals surface area contributed by atoms with Gasteiger partial charge in [-0.2, -0.15) is 0 Å². The van der Waals surface area contributed by atoms with Crippen molar-refractivity contribution in [1.29, 1.82) is 0 Å². The van der Waals surface area contributed by atoms with E-state index < -0.39 is 66.2 Å². The number of rotatable bonds is 4. The van der Waals surface area contributed by atoms with Crippen LogP contribution in [-0.4, -0.2) is 45.8 Å². The quantitative estimate of drug-likeness (QED) is 0.279. The third-order valence-electron chi connectivity index (χ3n) is 8.99. The Hall–Kier alpha value is 0.780. The second-order valence-corrected chi connectivity index (χ2v) is 11.3. The number of alkyl halides is 1. The number of aliphatic hydroxyl groups excluding tert-OH is 2. The van der Waals surface area contributed by atoms with Crippen molar-refractivity contribution in [2.45, 2.75) is 63.8 Å². The monoisotopic (exact) mass is 516 g/mol. The van der Waals surface area contributed by atoms with Crippen molar-refractivity contribution in [2.75, 3.05) is 6.61 Å². The van der Waals surface area contributed by atoms with E-state index in [4.69, 9.17) is 4.52 Å². The SMILES string of the molecule is C[C@@H]1C[C@H]2[C@@H]3CCC4=CC(=O)C=C[C@]4(C)[C@@]3(F)[C@@H](O)C[C@]2(C)[C@@]1(OP(=O)([O-])[O-])C(=O)CO.[Na+].[Na+]. The molecule has 178 valence electrons. The average molecular weight is 516 g/mol. The molecule has 8 nitrogen and oxygen atoms in total. The van der Waals surface area contributed by atoms with Crippen LogP contribution in [0.1, 0.15) is 46.5 Å². The van der Waals surface area contributed by atoms with Gasteiger partial charge in [0.25, 0.3) is 0 Å². The fraction of sp³-hybridized carbons (Fsp3) is 0.727. The number of aliphatic hydroxyl groups is 2. The van der Waals surface area contributed by atoms with Crippen LogP contribution < -0.4 is 68.9 Å². The minimum absolute atomic E-state index is 0. The van der Waals surface area contributed by atoms with E-state index in [0.29, 0.717) is 12.0 Å². The predicted octanol–water partition coefficient (Wildman–Crippen LogP) is -5.24. The van der Waals surface area contributed by atoms with Gasteiger partial charge in [0.1, 0.15) is 12.2 Å².